The molecule has 1 aromatic heterocycles. The Labute approximate surface area is 116 Å². The lowest BCUT2D eigenvalue weighted by atomic mass is 10.2. The molecule has 0 N–H and O–H groups in total. The summed E-state index contributed by atoms with van der Waals surface area (Å²) in [6.45, 7) is 5.13. The van der Waals surface area contributed by atoms with Crippen LogP contribution in [0.2, 0.25) is 0 Å². The average molecular weight is 280 g/mol. The van der Waals surface area contributed by atoms with E-state index in [1.807, 2.05) is 0 Å². The van der Waals surface area contributed by atoms with E-state index < -0.39 is 17.7 Å². The lowest BCUT2D eigenvalue weighted by Crippen LogP contribution is -2.30. The zero-order valence-corrected chi connectivity index (χ0v) is 11.7. The van der Waals surface area contributed by atoms with Crippen molar-refractivity contribution in [3.63, 3.8) is 0 Å². The predicted molar refractivity (Wildman–Crippen MR) is 70.1 cm³/mol. The lowest BCUT2D eigenvalue weighted by Gasteiger charge is -2.19. The zero-order valence-electron chi connectivity index (χ0n) is 11.7. The molecule has 0 saturated carbocycles. The number of hydrogen-bond donors (Lipinski definition) is 0. The quantitative estimate of drug-likeness (QED) is 0.364. The topological polar surface area (TPSA) is 87.1 Å². The molecular weight excluding hydrogens is 264 g/mol. The van der Waals surface area contributed by atoms with Crippen LogP contribution in [0.4, 0.5) is 4.79 Å². The Kier molecular flexibility index (Phi) is 5.19. The number of methoxy groups -OCH3 is 1. The van der Waals surface area contributed by atoms with Gasteiger partial charge in [-0.05, 0) is 32.9 Å². The van der Waals surface area contributed by atoms with Gasteiger partial charge in [0.2, 0.25) is 5.71 Å². The molecular formula is C13H16N2O5. The summed E-state index contributed by atoms with van der Waals surface area (Å²) in [7, 11) is 1.13. The van der Waals surface area contributed by atoms with Crippen molar-refractivity contribution < 1.29 is 23.9 Å². The average Bonchev–Trinajstić information content (AvgIpc) is 2.37. The Morgan fingerprint density at radius 1 is 1.25 bits per heavy atom. The van der Waals surface area contributed by atoms with Crippen molar-refractivity contribution in [3.05, 3.63) is 30.1 Å². The van der Waals surface area contributed by atoms with Crippen molar-refractivity contribution in [2.45, 2.75) is 26.4 Å². The zero-order chi connectivity index (χ0) is 15.2. The fourth-order valence-electron chi connectivity index (χ4n) is 1.14. The molecule has 0 saturated heterocycles. The Balaban J connectivity index is 3.02. The van der Waals surface area contributed by atoms with Gasteiger partial charge in [0, 0.05) is 6.20 Å². The number of rotatable bonds is 3. The fraction of sp³-hybridized carbons (Fsp3) is 0.385. The first-order chi connectivity index (χ1) is 9.33. The molecule has 0 atom stereocenters. The Bertz CT molecular complexity index is 505. The van der Waals surface area contributed by atoms with Crippen LogP contribution in [0, 0.1) is 0 Å². The van der Waals surface area contributed by atoms with E-state index in [9.17, 15) is 9.59 Å². The minimum atomic E-state index is -1.04. The summed E-state index contributed by atoms with van der Waals surface area (Å²) in [6.07, 6.45) is 0.440. The molecule has 1 aromatic rings. The number of carbonyl (C=O) groups is 2. The number of aromatic nitrogens is 1. The van der Waals surface area contributed by atoms with Crippen LogP contribution >= 0.6 is 0 Å². The maximum atomic E-state index is 12.0. The van der Waals surface area contributed by atoms with Gasteiger partial charge in [-0.2, -0.15) is 0 Å². The van der Waals surface area contributed by atoms with E-state index in [4.69, 9.17) is 4.74 Å². The number of carbonyl (C=O) groups excluding carboxylic acids is 2. The SMILES string of the molecule is COC(=O)O/N=C(/C(=O)OC(C)(C)C)c1ccccn1. The van der Waals surface area contributed by atoms with E-state index >= 15 is 0 Å². The minimum Gasteiger partial charge on any atom is -0.455 e. The van der Waals surface area contributed by atoms with E-state index in [-0.39, 0.29) is 11.4 Å². The van der Waals surface area contributed by atoms with Gasteiger partial charge in [-0.25, -0.2) is 9.59 Å². The highest BCUT2D eigenvalue weighted by Gasteiger charge is 2.24. The third-order valence-electron chi connectivity index (χ3n) is 1.88. The van der Waals surface area contributed by atoms with Crippen molar-refractivity contribution in [1.82, 2.24) is 4.98 Å². The second-order valence-corrected chi connectivity index (χ2v) is 4.70. The summed E-state index contributed by atoms with van der Waals surface area (Å²) in [5.74, 6) is -0.750. The van der Waals surface area contributed by atoms with Crippen LogP contribution in [0.1, 0.15) is 26.5 Å². The van der Waals surface area contributed by atoms with Crippen molar-refractivity contribution in [1.29, 1.82) is 0 Å². The van der Waals surface area contributed by atoms with Gasteiger partial charge in [-0.15, -0.1) is 0 Å². The molecule has 0 aliphatic heterocycles. The third kappa shape index (κ3) is 5.05. The predicted octanol–water partition coefficient (Wildman–Crippen LogP) is 1.91. The number of ether oxygens (including phenoxy) is 2. The Hall–Kier alpha value is -2.44. The van der Waals surface area contributed by atoms with E-state index in [1.54, 1.807) is 39.0 Å². The second kappa shape index (κ2) is 6.65. The first kappa shape index (κ1) is 15.6. The molecule has 7 nitrogen and oxygen atoms in total. The van der Waals surface area contributed by atoms with E-state index in [1.165, 1.54) is 6.20 Å². The van der Waals surface area contributed by atoms with E-state index in [2.05, 4.69) is 19.7 Å². The largest absolute Gasteiger partial charge is 0.534 e. The highest BCUT2D eigenvalue weighted by atomic mass is 16.8. The summed E-state index contributed by atoms with van der Waals surface area (Å²) in [6, 6.07) is 4.89. The number of nitrogens with zero attached hydrogens (tertiary/aromatic N) is 2. The molecule has 1 rings (SSSR count). The van der Waals surface area contributed by atoms with Gasteiger partial charge in [0.15, 0.2) is 0 Å². The highest BCUT2D eigenvalue weighted by molar-refractivity contribution is 6.42. The highest BCUT2D eigenvalue weighted by Crippen LogP contribution is 2.10. The van der Waals surface area contributed by atoms with E-state index in [0.717, 1.165) is 7.11 Å². The van der Waals surface area contributed by atoms with Gasteiger partial charge in [0.1, 0.15) is 5.60 Å². The van der Waals surface area contributed by atoms with Crippen molar-refractivity contribution in [2.24, 2.45) is 5.16 Å². The summed E-state index contributed by atoms with van der Waals surface area (Å²) in [4.78, 5) is 31.4. The van der Waals surface area contributed by atoms with Crippen molar-refractivity contribution in [2.75, 3.05) is 7.11 Å². The first-order valence-corrected chi connectivity index (χ1v) is 5.81. The van der Waals surface area contributed by atoms with Gasteiger partial charge < -0.3 is 9.47 Å². The Morgan fingerprint density at radius 2 is 1.95 bits per heavy atom. The van der Waals surface area contributed by atoms with Crippen LogP contribution < -0.4 is 0 Å². The Morgan fingerprint density at radius 3 is 2.45 bits per heavy atom. The molecule has 1 heterocycles. The molecule has 0 spiro atoms. The summed E-state index contributed by atoms with van der Waals surface area (Å²) < 4.78 is 9.45. The fourth-order valence-corrected chi connectivity index (χ4v) is 1.14. The molecule has 0 fully saturated rings. The number of esters is 1. The normalized spacial score (nSPS) is 11.7. The molecule has 0 radical (unpaired) electrons. The maximum absolute atomic E-state index is 12.0. The van der Waals surface area contributed by atoms with Crippen LogP contribution in [0.15, 0.2) is 29.6 Å². The monoisotopic (exact) mass is 280 g/mol. The summed E-state index contributed by atoms with van der Waals surface area (Å²) in [5.41, 5.74) is -0.700. The number of hydrogen-bond acceptors (Lipinski definition) is 7. The van der Waals surface area contributed by atoms with Crippen LogP contribution in [-0.2, 0) is 19.1 Å². The molecule has 20 heavy (non-hydrogen) atoms. The molecule has 0 bridgehead atoms. The molecule has 108 valence electrons. The third-order valence-corrected chi connectivity index (χ3v) is 1.88. The van der Waals surface area contributed by atoms with Crippen LogP contribution in [0.5, 0.6) is 0 Å². The van der Waals surface area contributed by atoms with Gasteiger partial charge >= 0.3 is 12.1 Å². The number of oxime groups is 1. The molecule has 0 aromatic carbocycles. The molecule has 7 heteroatoms. The standard InChI is InChI=1S/C13H16N2O5/c1-13(2,3)19-11(16)10(15-20-12(17)18-4)9-7-5-6-8-14-9/h5-8H,1-4H3/b15-10+. The summed E-state index contributed by atoms with van der Waals surface area (Å²) >= 11 is 0. The van der Waals surface area contributed by atoms with Gasteiger partial charge in [-0.3, -0.25) is 9.82 Å². The van der Waals surface area contributed by atoms with Gasteiger partial charge in [0.05, 0.1) is 12.8 Å². The molecule has 0 amide bonds. The minimum absolute atomic E-state index is 0.217. The smallest absolute Gasteiger partial charge is 0.455 e. The molecule has 0 aliphatic rings. The molecule has 0 unspecified atom stereocenters. The maximum Gasteiger partial charge on any atom is 0.534 e. The van der Waals surface area contributed by atoms with Crippen molar-refractivity contribution >= 4 is 17.8 Å². The lowest BCUT2D eigenvalue weighted by molar-refractivity contribution is -0.146. The van der Waals surface area contributed by atoms with Crippen LogP contribution in [0.3, 0.4) is 0 Å². The summed E-state index contributed by atoms with van der Waals surface area (Å²) in [5, 5.41) is 3.45. The van der Waals surface area contributed by atoms with Crippen molar-refractivity contribution in [3.8, 4) is 0 Å². The van der Waals surface area contributed by atoms with E-state index in [0.29, 0.717) is 0 Å². The first-order valence-electron chi connectivity index (χ1n) is 5.81. The van der Waals surface area contributed by atoms with Gasteiger partial charge in [-0.1, -0.05) is 11.2 Å². The van der Waals surface area contributed by atoms with Gasteiger partial charge in [0.25, 0.3) is 0 Å². The molecule has 0 aliphatic carbocycles. The van der Waals surface area contributed by atoms with Crippen LogP contribution in [-0.4, -0.2) is 35.5 Å². The number of pyridine rings is 1. The second-order valence-electron chi connectivity index (χ2n) is 4.70. The van der Waals surface area contributed by atoms with Crippen LogP contribution in [0.25, 0.3) is 0 Å².